The van der Waals surface area contributed by atoms with Gasteiger partial charge in [0, 0.05) is 26.1 Å². The molecule has 9 heteroatoms. The Morgan fingerprint density at radius 1 is 1.00 bits per heavy atom. The average Bonchev–Trinajstić information content (AvgIpc) is 3.09. The van der Waals surface area contributed by atoms with Gasteiger partial charge in [0.2, 0.25) is 10.0 Å². The SMILES string of the molecule is Cc1cccc(C)c1-n1c(S[C@@H]2CCCCCC2=O)nnc1-c1cccc(S(=O)(=O)N(C)C)c1. The minimum Gasteiger partial charge on any atom is -0.298 e. The van der Waals surface area contributed by atoms with Crippen LogP contribution in [0.15, 0.2) is 52.5 Å². The summed E-state index contributed by atoms with van der Waals surface area (Å²) in [5.41, 5.74) is 3.70. The van der Waals surface area contributed by atoms with E-state index in [1.54, 1.807) is 18.2 Å². The van der Waals surface area contributed by atoms with Crippen molar-refractivity contribution in [1.29, 1.82) is 0 Å². The Kier molecular flexibility index (Phi) is 7.25. The lowest BCUT2D eigenvalue weighted by Crippen LogP contribution is -2.22. The highest BCUT2D eigenvalue weighted by molar-refractivity contribution is 8.00. The lowest BCUT2D eigenvalue weighted by atomic mass is 10.1. The van der Waals surface area contributed by atoms with Crippen molar-refractivity contribution >= 4 is 27.6 Å². The van der Waals surface area contributed by atoms with Crippen LogP contribution in [-0.4, -0.2) is 52.6 Å². The molecule has 1 aromatic heterocycles. The van der Waals surface area contributed by atoms with Crippen molar-refractivity contribution < 1.29 is 13.2 Å². The zero-order chi connectivity index (χ0) is 24.5. The molecule has 180 valence electrons. The predicted octanol–water partition coefficient (Wildman–Crippen LogP) is 4.80. The van der Waals surface area contributed by atoms with Gasteiger partial charge in [-0.25, -0.2) is 12.7 Å². The third-order valence-electron chi connectivity index (χ3n) is 6.16. The van der Waals surface area contributed by atoms with Crippen molar-refractivity contribution in [1.82, 2.24) is 19.1 Å². The predicted molar refractivity (Wildman–Crippen MR) is 135 cm³/mol. The van der Waals surface area contributed by atoms with Gasteiger partial charge in [-0.15, -0.1) is 10.2 Å². The van der Waals surface area contributed by atoms with Crippen molar-refractivity contribution in [3.05, 3.63) is 53.6 Å². The van der Waals surface area contributed by atoms with Crippen LogP contribution in [0.4, 0.5) is 0 Å². The fourth-order valence-electron chi connectivity index (χ4n) is 4.28. The Morgan fingerprint density at radius 2 is 1.71 bits per heavy atom. The Morgan fingerprint density at radius 3 is 2.41 bits per heavy atom. The molecule has 1 aliphatic carbocycles. The molecule has 0 unspecified atom stereocenters. The van der Waals surface area contributed by atoms with Crippen LogP contribution in [-0.2, 0) is 14.8 Å². The lowest BCUT2D eigenvalue weighted by Gasteiger charge is -2.18. The Labute approximate surface area is 205 Å². The number of aryl methyl sites for hydroxylation is 2. The number of ketones is 1. The molecule has 0 aliphatic heterocycles. The maximum absolute atomic E-state index is 12.8. The quantitative estimate of drug-likeness (QED) is 0.454. The molecule has 1 saturated carbocycles. The van der Waals surface area contributed by atoms with Crippen molar-refractivity contribution in [2.24, 2.45) is 0 Å². The topological polar surface area (TPSA) is 85.2 Å². The highest BCUT2D eigenvalue weighted by Crippen LogP contribution is 2.36. The molecule has 0 amide bonds. The van der Waals surface area contributed by atoms with Gasteiger partial charge in [-0.2, -0.15) is 0 Å². The number of nitrogens with zero attached hydrogens (tertiary/aromatic N) is 4. The van der Waals surface area contributed by atoms with Gasteiger partial charge in [-0.05, 0) is 49.9 Å². The number of sulfonamides is 1. The molecule has 4 rings (SSSR count). The third-order valence-corrected chi connectivity index (χ3v) is 9.23. The van der Waals surface area contributed by atoms with Gasteiger partial charge in [-0.3, -0.25) is 9.36 Å². The average molecular weight is 499 g/mol. The molecular weight excluding hydrogens is 468 g/mol. The van der Waals surface area contributed by atoms with Crippen LogP contribution >= 0.6 is 11.8 Å². The van der Waals surface area contributed by atoms with Crippen LogP contribution in [0, 0.1) is 13.8 Å². The van der Waals surface area contributed by atoms with Gasteiger partial charge in [-0.1, -0.05) is 54.9 Å². The summed E-state index contributed by atoms with van der Waals surface area (Å²) in [7, 11) is -0.575. The van der Waals surface area contributed by atoms with Crippen LogP contribution in [0.3, 0.4) is 0 Å². The highest BCUT2D eigenvalue weighted by atomic mass is 32.2. The summed E-state index contributed by atoms with van der Waals surface area (Å²) in [5, 5.41) is 9.50. The fourth-order valence-corrected chi connectivity index (χ4v) is 6.39. The summed E-state index contributed by atoms with van der Waals surface area (Å²) in [5.74, 6) is 0.816. The number of rotatable bonds is 6. The van der Waals surface area contributed by atoms with Crippen LogP contribution in [0.2, 0.25) is 0 Å². The lowest BCUT2D eigenvalue weighted by molar-refractivity contribution is -0.118. The van der Waals surface area contributed by atoms with E-state index in [1.807, 2.05) is 42.7 Å². The van der Waals surface area contributed by atoms with E-state index in [9.17, 15) is 13.2 Å². The number of thioether (sulfide) groups is 1. The zero-order valence-electron chi connectivity index (χ0n) is 20.0. The van der Waals surface area contributed by atoms with Gasteiger partial charge in [0.25, 0.3) is 0 Å². The first-order valence-electron chi connectivity index (χ1n) is 11.4. The van der Waals surface area contributed by atoms with Crippen molar-refractivity contribution in [3.63, 3.8) is 0 Å². The summed E-state index contributed by atoms with van der Waals surface area (Å²) in [6.45, 7) is 4.06. The van der Waals surface area contributed by atoms with E-state index in [4.69, 9.17) is 0 Å². The first-order valence-corrected chi connectivity index (χ1v) is 13.8. The van der Waals surface area contributed by atoms with E-state index in [0.29, 0.717) is 23.0 Å². The highest BCUT2D eigenvalue weighted by Gasteiger charge is 2.27. The molecule has 34 heavy (non-hydrogen) atoms. The standard InChI is InChI=1S/C25H30N4O3S2/c1-17-10-8-11-18(2)23(17)29-24(19-12-9-13-20(16-19)34(31,32)28(3)4)26-27-25(29)33-22-15-7-5-6-14-21(22)30/h8-13,16,22H,5-7,14-15H2,1-4H3/t22-/m1/s1. The minimum atomic E-state index is -3.60. The molecule has 3 aromatic rings. The number of hydrogen-bond donors (Lipinski definition) is 0. The van der Waals surface area contributed by atoms with Gasteiger partial charge in [0.05, 0.1) is 15.8 Å². The maximum atomic E-state index is 12.8. The fraction of sp³-hybridized carbons (Fsp3) is 0.400. The summed E-state index contributed by atoms with van der Waals surface area (Å²) in [6.07, 6.45) is 4.47. The van der Waals surface area contributed by atoms with Crippen LogP contribution in [0.25, 0.3) is 17.1 Å². The van der Waals surface area contributed by atoms with Crippen LogP contribution in [0.5, 0.6) is 0 Å². The second-order valence-corrected chi connectivity index (χ2v) is 12.2. The molecule has 7 nitrogen and oxygen atoms in total. The van der Waals surface area contributed by atoms with E-state index in [2.05, 4.69) is 10.2 Å². The first kappa shape index (κ1) is 24.6. The number of carbonyl (C=O) groups excluding carboxylic acids is 1. The molecule has 0 radical (unpaired) electrons. The Bertz CT molecular complexity index is 1300. The van der Waals surface area contributed by atoms with Gasteiger partial charge >= 0.3 is 0 Å². The number of para-hydroxylation sites is 1. The normalized spacial score (nSPS) is 17.2. The summed E-state index contributed by atoms with van der Waals surface area (Å²) < 4.78 is 28.7. The summed E-state index contributed by atoms with van der Waals surface area (Å²) in [4.78, 5) is 12.9. The van der Waals surface area contributed by atoms with E-state index in [0.717, 1.165) is 42.5 Å². The van der Waals surface area contributed by atoms with Crippen molar-refractivity contribution in [3.8, 4) is 17.1 Å². The van der Waals surface area contributed by atoms with Crippen molar-refractivity contribution in [2.45, 2.75) is 61.3 Å². The van der Waals surface area contributed by atoms with Gasteiger partial charge < -0.3 is 0 Å². The van der Waals surface area contributed by atoms with Crippen LogP contribution < -0.4 is 0 Å². The molecule has 0 spiro atoms. The molecule has 1 aliphatic rings. The first-order chi connectivity index (χ1) is 16.2. The molecular formula is C25H30N4O3S2. The second-order valence-electron chi connectivity index (χ2n) is 8.87. The number of carbonyl (C=O) groups is 1. The molecule has 0 bridgehead atoms. The number of hydrogen-bond acceptors (Lipinski definition) is 6. The van der Waals surface area contributed by atoms with E-state index >= 15 is 0 Å². The van der Waals surface area contributed by atoms with Gasteiger partial charge in [0.15, 0.2) is 11.0 Å². The monoisotopic (exact) mass is 498 g/mol. The van der Waals surface area contributed by atoms with Crippen LogP contribution in [0.1, 0.15) is 43.2 Å². The van der Waals surface area contributed by atoms with Crippen molar-refractivity contribution in [2.75, 3.05) is 14.1 Å². The van der Waals surface area contributed by atoms with E-state index < -0.39 is 10.0 Å². The Hall–Kier alpha value is -2.49. The molecule has 0 saturated heterocycles. The smallest absolute Gasteiger partial charge is 0.242 e. The van der Waals surface area contributed by atoms with E-state index in [1.165, 1.54) is 30.2 Å². The summed E-state index contributed by atoms with van der Waals surface area (Å²) in [6, 6.07) is 12.8. The Balaban J connectivity index is 1.87. The van der Waals surface area contributed by atoms with Gasteiger partial charge in [0.1, 0.15) is 5.78 Å². The summed E-state index contributed by atoms with van der Waals surface area (Å²) >= 11 is 1.47. The molecule has 1 fully saturated rings. The number of aromatic nitrogens is 3. The number of benzene rings is 2. The molecule has 1 heterocycles. The number of Topliss-reactive ketones (excluding diaryl/α,β-unsaturated/α-hetero) is 1. The molecule has 2 aromatic carbocycles. The third kappa shape index (κ3) is 4.82. The zero-order valence-corrected chi connectivity index (χ0v) is 21.6. The molecule has 1 atom stereocenters. The maximum Gasteiger partial charge on any atom is 0.242 e. The molecule has 0 N–H and O–H groups in total. The van der Waals surface area contributed by atoms with E-state index in [-0.39, 0.29) is 15.9 Å². The largest absolute Gasteiger partial charge is 0.298 e. The minimum absolute atomic E-state index is 0.150. The second kappa shape index (κ2) is 10.0.